The van der Waals surface area contributed by atoms with Crippen LogP contribution in [0.5, 0.6) is 0 Å². The van der Waals surface area contributed by atoms with Crippen LogP contribution >= 0.6 is 0 Å². The predicted molar refractivity (Wildman–Crippen MR) is 241 cm³/mol. The Bertz CT molecular complexity index is 3470. The van der Waals surface area contributed by atoms with Crippen molar-refractivity contribution < 1.29 is 4.42 Å². The Kier molecular flexibility index (Phi) is 7.20. The van der Waals surface area contributed by atoms with E-state index in [1.165, 1.54) is 27.8 Å². The minimum atomic E-state index is -0.156. The van der Waals surface area contributed by atoms with Gasteiger partial charge in [-0.1, -0.05) is 147 Å². The van der Waals surface area contributed by atoms with Crippen molar-refractivity contribution in [3.05, 3.63) is 193 Å². The molecule has 11 aromatic rings. The number of hydrogen-bond acceptors (Lipinski definition) is 4. The molecular weight excluding hydrogens is 721 g/mol. The summed E-state index contributed by atoms with van der Waals surface area (Å²) in [6, 6.07) is 64.2. The Hall–Kier alpha value is -7.63. The Labute approximate surface area is 340 Å². The van der Waals surface area contributed by atoms with Gasteiger partial charge in [0.25, 0.3) is 0 Å². The molecule has 278 valence electrons. The van der Waals surface area contributed by atoms with Crippen LogP contribution in [0.2, 0.25) is 0 Å². The maximum Gasteiger partial charge on any atom is 0.166 e. The van der Waals surface area contributed by atoms with Crippen LogP contribution in [0, 0.1) is 0 Å². The van der Waals surface area contributed by atoms with Gasteiger partial charge >= 0.3 is 0 Å². The summed E-state index contributed by atoms with van der Waals surface area (Å²) in [7, 11) is 0. The second-order valence-electron chi connectivity index (χ2n) is 16.0. The van der Waals surface area contributed by atoms with E-state index in [1.807, 2.05) is 18.2 Å². The average molecular weight is 757 g/mol. The van der Waals surface area contributed by atoms with Crippen molar-refractivity contribution in [3.8, 4) is 62.1 Å². The van der Waals surface area contributed by atoms with Crippen LogP contribution in [0.1, 0.15) is 25.0 Å². The number of fused-ring (bicyclic) bond motifs is 9. The van der Waals surface area contributed by atoms with Crippen molar-refractivity contribution in [2.24, 2.45) is 0 Å². The van der Waals surface area contributed by atoms with Crippen molar-refractivity contribution in [3.63, 3.8) is 0 Å². The zero-order chi connectivity index (χ0) is 39.2. The Balaban J connectivity index is 1.09. The first-order valence-corrected chi connectivity index (χ1v) is 20.1. The number of hydrogen-bond donors (Lipinski definition) is 0. The molecule has 1 aliphatic rings. The molecule has 8 aromatic carbocycles. The van der Waals surface area contributed by atoms with Crippen LogP contribution in [0.3, 0.4) is 0 Å². The summed E-state index contributed by atoms with van der Waals surface area (Å²) in [6.45, 7) is 4.61. The van der Waals surface area contributed by atoms with Gasteiger partial charge in [0.05, 0.1) is 11.0 Å². The smallest absolute Gasteiger partial charge is 0.166 e. The summed E-state index contributed by atoms with van der Waals surface area (Å²) in [6.07, 6.45) is 0. The van der Waals surface area contributed by atoms with Crippen molar-refractivity contribution in [1.82, 2.24) is 19.5 Å². The van der Waals surface area contributed by atoms with Gasteiger partial charge in [0.15, 0.2) is 17.5 Å². The fourth-order valence-corrected chi connectivity index (χ4v) is 9.37. The van der Waals surface area contributed by atoms with Gasteiger partial charge in [-0.2, -0.15) is 0 Å². The molecule has 0 saturated heterocycles. The van der Waals surface area contributed by atoms with E-state index in [9.17, 15) is 0 Å². The molecule has 0 radical (unpaired) electrons. The lowest BCUT2D eigenvalue weighted by molar-refractivity contribution is 0.660. The van der Waals surface area contributed by atoms with Crippen LogP contribution in [0.4, 0.5) is 0 Å². The van der Waals surface area contributed by atoms with Crippen molar-refractivity contribution in [1.29, 1.82) is 0 Å². The highest BCUT2D eigenvalue weighted by Crippen LogP contribution is 2.49. The summed E-state index contributed by atoms with van der Waals surface area (Å²) < 4.78 is 8.78. The van der Waals surface area contributed by atoms with Crippen LogP contribution < -0.4 is 0 Å². The van der Waals surface area contributed by atoms with Gasteiger partial charge in [0, 0.05) is 49.3 Å². The van der Waals surface area contributed by atoms with Crippen molar-refractivity contribution >= 4 is 43.7 Å². The van der Waals surface area contributed by atoms with Crippen LogP contribution in [-0.4, -0.2) is 19.5 Å². The number of benzene rings is 8. The number of aromatic nitrogens is 4. The summed E-state index contributed by atoms with van der Waals surface area (Å²) in [4.78, 5) is 15.8. The third kappa shape index (κ3) is 5.14. The Morgan fingerprint density at radius 3 is 1.85 bits per heavy atom. The second-order valence-corrected chi connectivity index (χ2v) is 16.0. The molecule has 3 aromatic heterocycles. The third-order valence-electron chi connectivity index (χ3n) is 12.3. The minimum absolute atomic E-state index is 0.156. The number of furan rings is 1. The molecule has 3 heterocycles. The summed E-state index contributed by atoms with van der Waals surface area (Å²) in [5, 5.41) is 4.43. The average Bonchev–Trinajstić information content (AvgIpc) is 3.91. The first kappa shape index (κ1) is 33.5. The van der Waals surface area contributed by atoms with Crippen molar-refractivity contribution in [2.75, 3.05) is 0 Å². The normalized spacial score (nSPS) is 13.1. The van der Waals surface area contributed by atoms with E-state index in [1.54, 1.807) is 0 Å². The molecule has 0 atom stereocenters. The highest BCUT2D eigenvalue weighted by atomic mass is 16.3. The molecule has 0 amide bonds. The minimum Gasteiger partial charge on any atom is -0.456 e. The number of para-hydroxylation sites is 2. The fourth-order valence-electron chi connectivity index (χ4n) is 9.37. The van der Waals surface area contributed by atoms with Crippen LogP contribution in [0.15, 0.2) is 186 Å². The van der Waals surface area contributed by atoms with Crippen LogP contribution in [-0.2, 0) is 5.41 Å². The van der Waals surface area contributed by atoms with Gasteiger partial charge in [-0.3, -0.25) is 0 Å². The third-order valence-corrected chi connectivity index (χ3v) is 12.3. The first-order valence-electron chi connectivity index (χ1n) is 20.1. The van der Waals surface area contributed by atoms with Crippen LogP contribution in [0.25, 0.3) is 106 Å². The van der Waals surface area contributed by atoms with Gasteiger partial charge in [0.1, 0.15) is 11.2 Å². The van der Waals surface area contributed by atoms with Gasteiger partial charge < -0.3 is 8.98 Å². The molecule has 0 N–H and O–H groups in total. The molecule has 5 heteroatoms. The highest BCUT2D eigenvalue weighted by Gasteiger charge is 2.35. The van der Waals surface area contributed by atoms with E-state index < -0.39 is 0 Å². The molecule has 0 spiro atoms. The molecule has 0 bridgehead atoms. The maximum atomic E-state index is 6.42. The molecule has 1 aliphatic carbocycles. The zero-order valence-corrected chi connectivity index (χ0v) is 32.5. The second kappa shape index (κ2) is 12.7. The fraction of sp³-hybridized carbons (Fsp3) is 0.0556. The number of nitrogens with zero attached hydrogens (tertiary/aromatic N) is 4. The molecule has 59 heavy (non-hydrogen) atoms. The Morgan fingerprint density at radius 1 is 0.407 bits per heavy atom. The standard InChI is InChI=1S/C54H36N4O/c1-54(2)45-22-11-9-18-38(45)39-27-24-36(31-46(39)54)52-55-51(34-16-7-4-8-17-34)56-53(57-52)42-21-13-20-41-40-19-10-12-23-47(40)58(50(41)42)37-26-29-49-44(32-37)43-30-35(25-28-48(43)59-49)33-14-5-3-6-15-33/h3-32H,1-2H3. The lowest BCUT2D eigenvalue weighted by Crippen LogP contribution is -2.15. The van der Waals surface area contributed by atoms with E-state index in [0.717, 1.165) is 71.7 Å². The lowest BCUT2D eigenvalue weighted by atomic mass is 9.82. The first-order chi connectivity index (χ1) is 29.0. The summed E-state index contributed by atoms with van der Waals surface area (Å²) in [5.74, 6) is 1.89. The topological polar surface area (TPSA) is 56.7 Å². The molecule has 5 nitrogen and oxygen atoms in total. The van der Waals surface area contributed by atoms with E-state index in [-0.39, 0.29) is 5.41 Å². The summed E-state index contributed by atoms with van der Waals surface area (Å²) >= 11 is 0. The van der Waals surface area contributed by atoms with E-state index in [0.29, 0.717) is 17.5 Å². The SMILES string of the molecule is CC1(C)c2ccccc2-c2ccc(-c3nc(-c4ccccc4)nc(-c4cccc5c6ccccc6n(-c6ccc7oc8ccc(-c9ccccc9)cc8c7c6)c45)n3)cc21. The zero-order valence-electron chi connectivity index (χ0n) is 32.5. The van der Waals surface area contributed by atoms with E-state index >= 15 is 0 Å². The quantitative estimate of drug-likeness (QED) is 0.175. The molecule has 0 unspecified atom stereocenters. The lowest BCUT2D eigenvalue weighted by Gasteiger charge is -2.21. The monoisotopic (exact) mass is 756 g/mol. The van der Waals surface area contributed by atoms with Gasteiger partial charge in [0.2, 0.25) is 0 Å². The molecule has 0 aliphatic heterocycles. The summed E-state index contributed by atoms with van der Waals surface area (Å²) in [5.41, 5.74) is 15.1. The largest absolute Gasteiger partial charge is 0.456 e. The predicted octanol–water partition coefficient (Wildman–Crippen LogP) is 13.8. The van der Waals surface area contributed by atoms with Gasteiger partial charge in [-0.25, -0.2) is 15.0 Å². The molecule has 12 rings (SSSR count). The van der Waals surface area contributed by atoms with E-state index in [2.05, 4.69) is 182 Å². The van der Waals surface area contributed by atoms with Gasteiger partial charge in [-0.15, -0.1) is 0 Å². The maximum absolute atomic E-state index is 6.42. The number of rotatable bonds is 5. The van der Waals surface area contributed by atoms with Crippen molar-refractivity contribution in [2.45, 2.75) is 19.3 Å². The Morgan fingerprint density at radius 2 is 1.02 bits per heavy atom. The van der Waals surface area contributed by atoms with E-state index in [4.69, 9.17) is 19.4 Å². The highest BCUT2D eigenvalue weighted by molar-refractivity contribution is 6.14. The molecule has 0 fully saturated rings. The van der Waals surface area contributed by atoms with Gasteiger partial charge in [-0.05, 0) is 81.9 Å². The molecule has 0 saturated carbocycles. The molecular formula is C54H36N4O.